The van der Waals surface area contributed by atoms with Crippen LogP contribution in [0.1, 0.15) is 22.3 Å². The van der Waals surface area contributed by atoms with E-state index < -0.39 is 0 Å². The van der Waals surface area contributed by atoms with E-state index in [2.05, 4.69) is 15.2 Å². The minimum Gasteiger partial charge on any atom is -0.368 e. The maximum atomic E-state index is 13.0. The highest BCUT2D eigenvalue weighted by Gasteiger charge is 2.29. The van der Waals surface area contributed by atoms with Gasteiger partial charge in [-0.1, -0.05) is 24.3 Å². The number of aromatic amines is 1. The Morgan fingerprint density at radius 2 is 2.08 bits per heavy atom. The number of H-pyrrole nitrogens is 1. The molecule has 0 unspecified atom stereocenters. The predicted octanol–water partition coefficient (Wildman–Crippen LogP) is 2.24. The molecule has 3 heterocycles. The van der Waals surface area contributed by atoms with Gasteiger partial charge in [0.1, 0.15) is 11.9 Å². The molecule has 2 aromatic heterocycles. The fourth-order valence-corrected chi connectivity index (χ4v) is 3.16. The Bertz CT molecular complexity index is 936. The fraction of sp³-hybridized carbons (Fsp3) is 0.316. The van der Waals surface area contributed by atoms with Gasteiger partial charge in [-0.05, 0) is 18.2 Å². The lowest BCUT2D eigenvalue weighted by atomic mass is 10.1. The Morgan fingerprint density at radius 3 is 2.92 bits per heavy atom. The molecule has 7 nitrogen and oxygen atoms in total. The molecule has 3 aromatic rings. The van der Waals surface area contributed by atoms with E-state index in [-0.39, 0.29) is 12.0 Å². The number of hydrogen-bond acceptors (Lipinski definition) is 5. The highest BCUT2D eigenvalue weighted by Crippen LogP contribution is 2.24. The number of amides is 1. The number of morpholine rings is 1. The van der Waals surface area contributed by atoms with Crippen molar-refractivity contribution in [1.82, 2.24) is 20.1 Å². The number of para-hydroxylation sites is 1. The number of carbonyl (C=O) groups excluding carboxylic acids is 1. The van der Waals surface area contributed by atoms with Crippen LogP contribution >= 0.6 is 0 Å². The van der Waals surface area contributed by atoms with Crippen LogP contribution in [0.2, 0.25) is 0 Å². The van der Waals surface area contributed by atoms with Gasteiger partial charge in [-0.3, -0.25) is 9.89 Å². The Labute approximate surface area is 151 Å². The average Bonchev–Trinajstić information content (AvgIpc) is 3.12. The zero-order chi connectivity index (χ0) is 18.1. The zero-order valence-electron chi connectivity index (χ0n) is 14.8. The molecular weight excluding hydrogens is 330 g/mol. The van der Waals surface area contributed by atoms with Crippen molar-refractivity contribution >= 4 is 22.6 Å². The second kappa shape index (κ2) is 6.76. The van der Waals surface area contributed by atoms with Crippen molar-refractivity contribution in [2.75, 3.05) is 38.7 Å². The smallest absolute Gasteiger partial charge is 0.275 e. The van der Waals surface area contributed by atoms with Crippen molar-refractivity contribution in [3.63, 3.8) is 0 Å². The largest absolute Gasteiger partial charge is 0.368 e. The van der Waals surface area contributed by atoms with Crippen molar-refractivity contribution < 1.29 is 9.53 Å². The van der Waals surface area contributed by atoms with E-state index >= 15 is 0 Å². The van der Waals surface area contributed by atoms with Gasteiger partial charge in [-0.25, -0.2) is 4.98 Å². The average molecular weight is 351 g/mol. The molecule has 0 aliphatic carbocycles. The first-order chi connectivity index (χ1) is 12.6. The van der Waals surface area contributed by atoms with E-state index in [1.807, 2.05) is 61.5 Å². The molecule has 1 fully saturated rings. The fourth-order valence-electron chi connectivity index (χ4n) is 3.16. The van der Waals surface area contributed by atoms with E-state index in [0.29, 0.717) is 25.4 Å². The summed E-state index contributed by atoms with van der Waals surface area (Å²) in [6, 6.07) is 13.5. The summed E-state index contributed by atoms with van der Waals surface area (Å²) in [5, 5.41) is 7.99. The first kappa shape index (κ1) is 16.5. The molecule has 7 heteroatoms. The number of anilines is 1. The number of hydrogen-bond donors (Lipinski definition) is 1. The van der Waals surface area contributed by atoms with E-state index in [0.717, 1.165) is 22.4 Å². The van der Waals surface area contributed by atoms with Gasteiger partial charge in [0.15, 0.2) is 5.69 Å². The van der Waals surface area contributed by atoms with Gasteiger partial charge in [0.2, 0.25) is 0 Å². The Balaban J connectivity index is 1.57. The number of ether oxygens (including phenoxy) is 1. The van der Waals surface area contributed by atoms with Gasteiger partial charge in [-0.2, -0.15) is 5.10 Å². The Morgan fingerprint density at radius 1 is 1.23 bits per heavy atom. The van der Waals surface area contributed by atoms with Crippen LogP contribution in [0.15, 0.2) is 42.5 Å². The molecule has 0 radical (unpaired) electrons. The molecule has 0 spiro atoms. The predicted molar refractivity (Wildman–Crippen MR) is 99.3 cm³/mol. The maximum absolute atomic E-state index is 13.0. The van der Waals surface area contributed by atoms with Gasteiger partial charge >= 0.3 is 0 Å². The standard InChI is InChI=1S/C19H21N5O2/c1-23(2)17-9-5-8-15(20-17)16-12-24(10-11-26-16)19(25)18-13-6-3-4-7-14(13)21-22-18/h3-9,16H,10-12H2,1-2H3,(H,21,22)/t16-/m1/s1. The quantitative estimate of drug-likeness (QED) is 0.783. The number of rotatable bonds is 3. The molecule has 1 aliphatic heterocycles. The molecular formula is C19H21N5O2. The summed E-state index contributed by atoms with van der Waals surface area (Å²) in [7, 11) is 3.90. The van der Waals surface area contributed by atoms with Gasteiger partial charge in [0.25, 0.3) is 5.91 Å². The number of nitrogens with one attached hydrogen (secondary N) is 1. The monoisotopic (exact) mass is 351 g/mol. The lowest BCUT2D eigenvalue weighted by Crippen LogP contribution is -2.42. The maximum Gasteiger partial charge on any atom is 0.275 e. The molecule has 134 valence electrons. The van der Waals surface area contributed by atoms with E-state index in [4.69, 9.17) is 4.74 Å². The molecule has 1 atom stereocenters. The number of aromatic nitrogens is 3. The van der Waals surface area contributed by atoms with E-state index in [9.17, 15) is 4.79 Å². The lowest BCUT2D eigenvalue weighted by molar-refractivity contribution is -0.0248. The molecule has 0 bridgehead atoms. The summed E-state index contributed by atoms with van der Waals surface area (Å²) in [5.74, 6) is 0.785. The van der Waals surface area contributed by atoms with Crippen molar-refractivity contribution in [1.29, 1.82) is 0 Å². The van der Waals surface area contributed by atoms with E-state index in [1.54, 1.807) is 4.90 Å². The summed E-state index contributed by atoms with van der Waals surface area (Å²) >= 11 is 0. The number of nitrogens with zero attached hydrogens (tertiary/aromatic N) is 4. The lowest BCUT2D eigenvalue weighted by Gasteiger charge is -2.32. The summed E-state index contributed by atoms with van der Waals surface area (Å²) in [6.07, 6.45) is -0.238. The highest BCUT2D eigenvalue weighted by molar-refractivity contribution is 6.04. The number of carbonyl (C=O) groups is 1. The molecule has 1 aliphatic rings. The highest BCUT2D eigenvalue weighted by atomic mass is 16.5. The van der Waals surface area contributed by atoms with Crippen LogP contribution in [-0.2, 0) is 4.74 Å². The molecule has 26 heavy (non-hydrogen) atoms. The van der Waals surface area contributed by atoms with Crippen LogP contribution in [0.5, 0.6) is 0 Å². The second-order valence-corrected chi connectivity index (χ2v) is 6.54. The zero-order valence-corrected chi connectivity index (χ0v) is 14.8. The van der Waals surface area contributed by atoms with Crippen molar-refractivity contribution in [2.45, 2.75) is 6.10 Å². The molecule has 1 aromatic carbocycles. The summed E-state index contributed by atoms with van der Waals surface area (Å²) in [5.41, 5.74) is 2.15. The summed E-state index contributed by atoms with van der Waals surface area (Å²) in [4.78, 5) is 21.4. The van der Waals surface area contributed by atoms with Crippen molar-refractivity contribution in [3.8, 4) is 0 Å². The van der Waals surface area contributed by atoms with Gasteiger partial charge < -0.3 is 14.5 Å². The first-order valence-corrected chi connectivity index (χ1v) is 8.62. The molecule has 1 saturated heterocycles. The van der Waals surface area contributed by atoms with E-state index in [1.165, 1.54) is 0 Å². The Hall–Kier alpha value is -2.93. The second-order valence-electron chi connectivity index (χ2n) is 6.54. The van der Waals surface area contributed by atoms with Crippen LogP contribution < -0.4 is 4.90 Å². The van der Waals surface area contributed by atoms with Crippen LogP contribution in [0, 0.1) is 0 Å². The van der Waals surface area contributed by atoms with Crippen LogP contribution in [0.3, 0.4) is 0 Å². The number of pyridine rings is 1. The molecule has 1 amide bonds. The Kier molecular flexibility index (Phi) is 4.30. The van der Waals surface area contributed by atoms with Crippen LogP contribution in [0.25, 0.3) is 10.9 Å². The summed E-state index contributed by atoms with van der Waals surface area (Å²) in [6.45, 7) is 1.49. The van der Waals surface area contributed by atoms with Crippen LogP contribution in [-0.4, -0.2) is 59.8 Å². The molecule has 4 rings (SSSR count). The summed E-state index contributed by atoms with van der Waals surface area (Å²) < 4.78 is 5.88. The molecule has 1 N–H and O–H groups in total. The first-order valence-electron chi connectivity index (χ1n) is 8.62. The van der Waals surface area contributed by atoms with Gasteiger partial charge in [0.05, 0.1) is 24.4 Å². The topological polar surface area (TPSA) is 74.3 Å². The normalized spacial score (nSPS) is 17.5. The third-order valence-corrected chi connectivity index (χ3v) is 4.57. The minimum absolute atomic E-state index is 0.0838. The number of fused-ring (bicyclic) bond motifs is 1. The third-order valence-electron chi connectivity index (χ3n) is 4.57. The van der Waals surface area contributed by atoms with Crippen LogP contribution in [0.4, 0.5) is 5.82 Å². The minimum atomic E-state index is -0.238. The van der Waals surface area contributed by atoms with Gasteiger partial charge in [0, 0.05) is 26.0 Å². The third kappa shape index (κ3) is 3.01. The SMILES string of the molecule is CN(C)c1cccc([C@H]2CN(C(=O)c3n[nH]c4ccccc34)CCO2)n1. The molecule has 0 saturated carbocycles. The van der Waals surface area contributed by atoms with Crippen molar-refractivity contribution in [3.05, 3.63) is 53.9 Å². The number of benzene rings is 1. The van der Waals surface area contributed by atoms with Crippen molar-refractivity contribution in [2.24, 2.45) is 0 Å². The van der Waals surface area contributed by atoms with Gasteiger partial charge in [-0.15, -0.1) is 0 Å².